The molecule has 0 atom stereocenters. The maximum atomic E-state index is 12.5. The van der Waals surface area contributed by atoms with Gasteiger partial charge < -0.3 is 4.90 Å². The lowest BCUT2D eigenvalue weighted by molar-refractivity contribution is 0.0857. The van der Waals surface area contributed by atoms with Gasteiger partial charge in [0, 0.05) is 11.5 Å². The van der Waals surface area contributed by atoms with Crippen molar-refractivity contribution in [3.05, 3.63) is 29.8 Å². The predicted octanol–water partition coefficient (Wildman–Crippen LogP) is 3.35. The zero-order chi connectivity index (χ0) is 15.1. The molecule has 1 aliphatic rings. The summed E-state index contributed by atoms with van der Waals surface area (Å²) in [6, 6.07) is 7.63. The minimum Gasteiger partial charge on any atom is -0.306 e. The minimum atomic E-state index is 0.164. The highest BCUT2D eigenvalue weighted by Crippen LogP contribution is 2.22. The van der Waals surface area contributed by atoms with E-state index < -0.39 is 0 Å². The number of anilines is 1. The van der Waals surface area contributed by atoms with Crippen molar-refractivity contribution in [2.45, 2.75) is 32.6 Å². The average molecular weight is 290 g/mol. The van der Waals surface area contributed by atoms with Crippen LogP contribution in [0, 0.1) is 5.92 Å². The van der Waals surface area contributed by atoms with Gasteiger partial charge in [0.15, 0.2) is 5.78 Å². The number of hydrogen-bond donors (Lipinski definition) is 1. The SMILES string of the molecule is CCCCONc1cccc(C(=O)C2CCN(C)CC2)c1. The normalized spacial score (nSPS) is 16.9. The monoisotopic (exact) mass is 290 g/mol. The molecule has 1 aliphatic heterocycles. The van der Waals surface area contributed by atoms with Crippen molar-refractivity contribution in [3.63, 3.8) is 0 Å². The zero-order valence-corrected chi connectivity index (χ0v) is 13.1. The summed E-state index contributed by atoms with van der Waals surface area (Å²) in [7, 11) is 2.11. The van der Waals surface area contributed by atoms with E-state index in [0.717, 1.165) is 50.0 Å². The maximum absolute atomic E-state index is 12.5. The van der Waals surface area contributed by atoms with Crippen molar-refractivity contribution in [2.24, 2.45) is 5.92 Å². The summed E-state index contributed by atoms with van der Waals surface area (Å²) in [6.07, 6.45) is 4.05. The van der Waals surface area contributed by atoms with Crippen LogP contribution in [0.25, 0.3) is 0 Å². The van der Waals surface area contributed by atoms with Crippen molar-refractivity contribution in [1.29, 1.82) is 0 Å². The second-order valence-corrected chi connectivity index (χ2v) is 5.83. The largest absolute Gasteiger partial charge is 0.306 e. The highest BCUT2D eigenvalue weighted by Gasteiger charge is 2.24. The molecule has 0 spiro atoms. The van der Waals surface area contributed by atoms with Crippen LogP contribution in [0.2, 0.25) is 0 Å². The summed E-state index contributed by atoms with van der Waals surface area (Å²) >= 11 is 0. The summed E-state index contributed by atoms with van der Waals surface area (Å²) in [5.74, 6) is 0.428. The molecule has 116 valence electrons. The molecule has 0 bridgehead atoms. The summed E-state index contributed by atoms with van der Waals surface area (Å²) in [5.41, 5.74) is 4.56. The van der Waals surface area contributed by atoms with Crippen LogP contribution in [0.4, 0.5) is 5.69 Å². The Morgan fingerprint density at radius 3 is 2.86 bits per heavy atom. The first-order valence-electron chi connectivity index (χ1n) is 7.91. The van der Waals surface area contributed by atoms with E-state index >= 15 is 0 Å². The summed E-state index contributed by atoms with van der Waals surface area (Å²) < 4.78 is 0. The van der Waals surface area contributed by atoms with Crippen LogP contribution < -0.4 is 5.48 Å². The topological polar surface area (TPSA) is 41.6 Å². The molecule has 0 saturated carbocycles. The van der Waals surface area contributed by atoms with Crippen LogP contribution in [0.15, 0.2) is 24.3 Å². The Kier molecular flexibility index (Phi) is 6.21. The van der Waals surface area contributed by atoms with Gasteiger partial charge in [-0.1, -0.05) is 25.5 Å². The molecule has 0 amide bonds. The van der Waals surface area contributed by atoms with Gasteiger partial charge in [-0.15, -0.1) is 0 Å². The third-order valence-corrected chi connectivity index (χ3v) is 4.03. The van der Waals surface area contributed by atoms with Gasteiger partial charge in [0.2, 0.25) is 0 Å². The van der Waals surface area contributed by atoms with Gasteiger partial charge in [0.1, 0.15) is 0 Å². The molecule has 4 heteroatoms. The lowest BCUT2D eigenvalue weighted by atomic mass is 9.89. The molecular formula is C17H26N2O2. The number of Topliss-reactive ketones (excluding diaryl/α,β-unsaturated/α-hetero) is 1. The molecule has 1 heterocycles. The molecule has 0 radical (unpaired) electrons. The van der Waals surface area contributed by atoms with Crippen LogP contribution >= 0.6 is 0 Å². The Balaban J connectivity index is 1.91. The Hall–Kier alpha value is -1.39. The Labute approximate surface area is 127 Å². The molecule has 1 fully saturated rings. The fraction of sp³-hybridized carbons (Fsp3) is 0.588. The zero-order valence-electron chi connectivity index (χ0n) is 13.1. The number of carbonyl (C=O) groups excluding carboxylic acids is 1. The summed E-state index contributed by atoms with van der Waals surface area (Å²) in [4.78, 5) is 20.2. The van der Waals surface area contributed by atoms with Crippen LogP contribution in [0.5, 0.6) is 0 Å². The van der Waals surface area contributed by atoms with Gasteiger partial charge in [-0.3, -0.25) is 15.1 Å². The first kappa shape index (κ1) is 16.0. The average Bonchev–Trinajstić information content (AvgIpc) is 2.52. The Bertz CT molecular complexity index is 454. The third-order valence-electron chi connectivity index (χ3n) is 4.03. The lowest BCUT2D eigenvalue weighted by Gasteiger charge is -2.28. The van der Waals surface area contributed by atoms with E-state index in [-0.39, 0.29) is 11.7 Å². The van der Waals surface area contributed by atoms with Crippen LogP contribution in [-0.2, 0) is 4.84 Å². The van der Waals surface area contributed by atoms with Crippen LogP contribution in [0.3, 0.4) is 0 Å². The van der Waals surface area contributed by atoms with Crippen molar-refractivity contribution >= 4 is 11.5 Å². The number of ketones is 1. The molecule has 1 aromatic rings. The number of rotatable bonds is 7. The van der Waals surface area contributed by atoms with E-state index in [4.69, 9.17) is 4.84 Å². The quantitative estimate of drug-likeness (QED) is 0.475. The smallest absolute Gasteiger partial charge is 0.166 e. The van der Waals surface area contributed by atoms with E-state index in [1.807, 2.05) is 24.3 Å². The van der Waals surface area contributed by atoms with Crippen LogP contribution in [-0.4, -0.2) is 37.4 Å². The summed E-state index contributed by atoms with van der Waals surface area (Å²) in [6.45, 7) is 4.83. The van der Waals surface area contributed by atoms with Crippen LogP contribution in [0.1, 0.15) is 43.0 Å². The lowest BCUT2D eigenvalue weighted by Crippen LogP contribution is -2.33. The molecule has 2 rings (SSSR count). The van der Waals surface area contributed by atoms with Crippen molar-refractivity contribution < 1.29 is 9.63 Å². The van der Waals surface area contributed by atoms with Crippen molar-refractivity contribution in [1.82, 2.24) is 4.90 Å². The van der Waals surface area contributed by atoms with Gasteiger partial charge in [0.05, 0.1) is 12.3 Å². The minimum absolute atomic E-state index is 0.164. The van der Waals surface area contributed by atoms with Gasteiger partial charge in [-0.2, -0.15) is 0 Å². The number of unbranched alkanes of at least 4 members (excludes halogenated alkanes) is 1. The molecule has 21 heavy (non-hydrogen) atoms. The molecule has 4 nitrogen and oxygen atoms in total. The maximum Gasteiger partial charge on any atom is 0.166 e. The second-order valence-electron chi connectivity index (χ2n) is 5.83. The molecule has 0 aromatic heterocycles. The number of nitrogens with zero attached hydrogens (tertiary/aromatic N) is 1. The number of benzene rings is 1. The molecular weight excluding hydrogens is 264 g/mol. The number of likely N-dealkylation sites (tertiary alicyclic amines) is 1. The summed E-state index contributed by atoms with van der Waals surface area (Å²) in [5, 5.41) is 0. The van der Waals surface area contributed by atoms with E-state index in [1.54, 1.807) is 0 Å². The second kappa shape index (κ2) is 8.15. The van der Waals surface area contributed by atoms with E-state index in [9.17, 15) is 4.79 Å². The first-order valence-corrected chi connectivity index (χ1v) is 7.91. The van der Waals surface area contributed by atoms with Gasteiger partial charge in [0.25, 0.3) is 0 Å². The first-order chi connectivity index (χ1) is 10.2. The predicted molar refractivity (Wildman–Crippen MR) is 85.5 cm³/mol. The highest BCUT2D eigenvalue weighted by molar-refractivity contribution is 5.98. The molecule has 0 aliphatic carbocycles. The van der Waals surface area contributed by atoms with Crippen molar-refractivity contribution in [3.8, 4) is 0 Å². The van der Waals surface area contributed by atoms with E-state index in [2.05, 4.69) is 24.4 Å². The number of carbonyl (C=O) groups is 1. The van der Waals surface area contributed by atoms with Gasteiger partial charge in [-0.05, 0) is 51.5 Å². The number of piperidine rings is 1. The molecule has 1 saturated heterocycles. The fourth-order valence-corrected chi connectivity index (χ4v) is 2.59. The fourth-order valence-electron chi connectivity index (χ4n) is 2.59. The molecule has 1 aromatic carbocycles. The van der Waals surface area contributed by atoms with Crippen molar-refractivity contribution in [2.75, 3.05) is 32.2 Å². The molecule has 0 unspecified atom stereocenters. The standard InChI is InChI=1S/C17H26N2O2/c1-3-4-12-21-18-16-7-5-6-15(13-16)17(20)14-8-10-19(2)11-9-14/h5-7,13-14,18H,3-4,8-12H2,1-2H3. The Morgan fingerprint density at radius 1 is 1.38 bits per heavy atom. The van der Waals surface area contributed by atoms with E-state index in [0.29, 0.717) is 6.61 Å². The Morgan fingerprint density at radius 2 is 2.14 bits per heavy atom. The van der Waals surface area contributed by atoms with E-state index in [1.165, 1.54) is 0 Å². The van der Waals surface area contributed by atoms with Gasteiger partial charge >= 0.3 is 0 Å². The highest BCUT2D eigenvalue weighted by atomic mass is 16.6. The molecule has 1 N–H and O–H groups in total. The third kappa shape index (κ3) is 4.83. The van der Waals surface area contributed by atoms with Gasteiger partial charge in [-0.25, -0.2) is 0 Å². The number of hydrogen-bond acceptors (Lipinski definition) is 4. The number of nitrogens with one attached hydrogen (secondary N) is 1.